The Morgan fingerprint density at radius 3 is 2.68 bits per heavy atom. The molecule has 2 aliphatic rings. The van der Waals surface area contributed by atoms with E-state index in [1.165, 1.54) is 11.8 Å². The summed E-state index contributed by atoms with van der Waals surface area (Å²) in [7, 11) is -1.09. The lowest BCUT2D eigenvalue weighted by atomic mass is 9.98. The first-order chi connectivity index (χ1) is 14.9. The van der Waals surface area contributed by atoms with Gasteiger partial charge in [-0.3, -0.25) is 4.68 Å². The van der Waals surface area contributed by atoms with Crippen molar-refractivity contribution in [1.29, 1.82) is 0 Å². The van der Waals surface area contributed by atoms with E-state index in [-0.39, 0.29) is 24.0 Å². The van der Waals surface area contributed by atoms with E-state index < -0.39 is 11.0 Å². The Kier molecular flexibility index (Phi) is 7.08. The van der Waals surface area contributed by atoms with Crippen LogP contribution in [-0.2, 0) is 22.1 Å². The van der Waals surface area contributed by atoms with E-state index in [1.807, 2.05) is 12.1 Å². The molecule has 0 aliphatic carbocycles. The molecule has 3 atom stereocenters. The third-order valence-corrected chi connectivity index (χ3v) is 7.00. The fourth-order valence-corrected chi connectivity index (χ4v) is 5.32. The van der Waals surface area contributed by atoms with E-state index in [4.69, 9.17) is 9.84 Å². The number of aryl methyl sites for hydroxylation is 1. The molecule has 1 saturated heterocycles. The Hall–Kier alpha value is -1.77. The molecule has 1 N–H and O–H groups in total. The van der Waals surface area contributed by atoms with Crippen LogP contribution in [0.15, 0.2) is 30.3 Å². The third-order valence-electron chi connectivity index (χ3n) is 6.37. The number of nitrogens with zero attached hydrogens (tertiary/aromatic N) is 3. The highest BCUT2D eigenvalue weighted by atomic mass is 32.2. The van der Waals surface area contributed by atoms with Crippen molar-refractivity contribution in [1.82, 2.24) is 14.5 Å². The van der Waals surface area contributed by atoms with Gasteiger partial charge in [-0.05, 0) is 49.8 Å². The van der Waals surface area contributed by atoms with Crippen LogP contribution in [0.3, 0.4) is 0 Å². The van der Waals surface area contributed by atoms with Gasteiger partial charge in [-0.1, -0.05) is 26.0 Å². The van der Waals surface area contributed by atoms with Crippen molar-refractivity contribution >= 4 is 16.7 Å². The van der Waals surface area contributed by atoms with Gasteiger partial charge in [0.25, 0.3) is 0 Å². The van der Waals surface area contributed by atoms with Gasteiger partial charge in [0.1, 0.15) is 5.82 Å². The predicted molar refractivity (Wildman–Crippen MR) is 122 cm³/mol. The fraction of sp³-hybridized carbons (Fsp3) is 0.609. The monoisotopic (exact) mass is 448 g/mol. The largest absolute Gasteiger partial charge is 0.376 e. The van der Waals surface area contributed by atoms with Crippen LogP contribution in [-0.4, -0.2) is 52.1 Å². The number of nitrogens with one attached hydrogen (secondary N) is 1. The molecular formula is C23H33FN4O2S. The van der Waals surface area contributed by atoms with Gasteiger partial charge >= 0.3 is 0 Å². The first-order valence-electron chi connectivity index (χ1n) is 11.2. The minimum Gasteiger partial charge on any atom is -0.376 e. The van der Waals surface area contributed by atoms with Gasteiger partial charge in [0.05, 0.1) is 41.1 Å². The van der Waals surface area contributed by atoms with E-state index in [9.17, 15) is 8.60 Å². The molecule has 0 amide bonds. The molecule has 2 unspecified atom stereocenters. The van der Waals surface area contributed by atoms with Gasteiger partial charge in [0.2, 0.25) is 0 Å². The van der Waals surface area contributed by atoms with Crippen molar-refractivity contribution in [2.75, 3.05) is 30.9 Å². The van der Waals surface area contributed by atoms with Crippen LogP contribution in [0.2, 0.25) is 0 Å². The molecule has 1 fully saturated rings. The lowest BCUT2D eigenvalue weighted by Crippen LogP contribution is -2.45. The highest BCUT2D eigenvalue weighted by molar-refractivity contribution is 7.82. The summed E-state index contributed by atoms with van der Waals surface area (Å²) in [6, 6.07) is 9.23. The highest BCUT2D eigenvalue weighted by Gasteiger charge is 2.33. The molecule has 2 aromatic rings. The summed E-state index contributed by atoms with van der Waals surface area (Å²) in [4.78, 5) is 2.10. The summed E-state index contributed by atoms with van der Waals surface area (Å²) in [5, 5.41) is 4.86. The summed E-state index contributed by atoms with van der Waals surface area (Å²) in [6.07, 6.45) is 5.38. The molecule has 2 aliphatic heterocycles. The summed E-state index contributed by atoms with van der Waals surface area (Å²) < 4.78 is 37.6. The maximum Gasteiger partial charge on any atom is 0.146 e. The molecule has 0 radical (unpaired) electrons. The topological polar surface area (TPSA) is 59.4 Å². The van der Waals surface area contributed by atoms with Crippen molar-refractivity contribution in [3.8, 4) is 0 Å². The summed E-state index contributed by atoms with van der Waals surface area (Å²) >= 11 is 0. The summed E-state index contributed by atoms with van der Waals surface area (Å²) in [5.74, 6) is 0.201. The number of ether oxygens (including phenoxy) is 1. The summed E-state index contributed by atoms with van der Waals surface area (Å²) in [5.41, 5.74) is 2.99. The molecule has 8 heteroatoms. The van der Waals surface area contributed by atoms with Crippen molar-refractivity contribution < 1.29 is 13.3 Å². The zero-order valence-corrected chi connectivity index (χ0v) is 19.4. The van der Waals surface area contributed by atoms with Crippen LogP contribution in [0.25, 0.3) is 0 Å². The van der Waals surface area contributed by atoms with E-state index in [0.29, 0.717) is 18.2 Å². The lowest BCUT2D eigenvalue weighted by molar-refractivity contribution is 0.00614. The molecule has 31 heavy (non-hydrogen) atoms. The number of fused-ring (bicyclic) bond motifs is 1. The molecule has 0 saturated carbocycles. The van der Waals surface area contributed by atoms with Gasteiger partial charge in [-0.25, -0.2) is 13.3 Å². The molecule has 0 bridgehead atoms. The summed E-state index contributed by atoms with van der Waals surface area (Å²) in [6.45, 7) is 6.40. The van der Waals surface area contributed by atoms with Crippen LogP contribution in [0, 0.1) is 5.82 Å². The van der Waals surface area contributed by atoms with Gasteiger partial charge in [-0.2, -0.15) is 5.10 Å². The van der Waals surface area contributed by atoms with Gasteiger partial charge < -0.3 is 9.64 Å². The number of hydrogen-bond donors (Lipinski definition) is 1. The number of rotatable bonds is 7. The van der Waals surface area contributed by atoms with E-state index in [2.05, 4.69) is 34.2 Å². The lowest BCUT2D eigenvalue weighted by Gasteiger charge is -2.36. The first kappa shape index (κ1) is 22.4. The Morgan fingerprint density at radius 2 is 2.00 bits per heavy atom. The predicted octanol–water partition coefficient (Wildman–Crippen LogP) is 3.57. The molecule has 1 aromatic carbocycles. The molecular weight excluding hydrogens is 415 g/mol. The molecule has 0 spiro atoms. The van der Waals surface area contributed by atoms with Gasteiger partial charge in [0.15, 0.2) is 0 Å². The molecule has 4 rings (SSSR count). The van der Waals surface area contributed by atoms with Crippen molar-refractivity contribution in [2.24, 2.45) is 0 Å². The average molecular weight is 449 g/mol. The van der Waals surface area contributed by atoms with E-state index in [0.717, 1.165) is 44.5 Å². The zero-order valence-electron chi connectivity index (χ0n) is 18.6. The van der Waals surface area contributed by atoms with Crippen LogP contribution < -0.4 is 9.62 Å². The molecule has 1 aromatic heterocycles. The number of anilines is 1. The van der Waals surface area contributed by atoms with E-state index in [1.54, 1.807) is 12.3 Å². The van der Waals surface area contributed by atoms with Crippen molar-refractivity contribution in [2.45, 2.75) is 63.6 Å². The van der Waals surface area contributed by atoms with Crippen LogP contribution >= 0.6 is 0 Å². The first-order valence-corrected chi connectivity index (χ1v) is 12.8. The highest BCUT2D eigenvalue weighted by Crippen LogP contribution is 2.30. The average Bonchev–Trinajstić information content (AvgIpc) is 3.18. The molecule has 170 valence electrons. The standard InChI is InChI=1S/C23H33FN4O2S/c1-16(2)21-14-17-8-9-20(26-31(3)29)23(28(17)25-21)15-30-18-10-12-27(13-11-18)22-7-5-4-6-19(22)24/h4-7,14,16,18,20,23,26H,8-13,15H2,1-3H3/t20-,23?,31?/m0/s1. The van der Waals surface area contributed by atoms with Crippen LogP contribution in [0.5, 0.6) is 0 Å². The number of hydrogen-bond acceptors (Lipinski definition) is 4. The quantitative estimate of drug-likeness (QED) is 0.704. The number of piperidine rings is 1. The normalized spacial score (nSPS) is 23.2. The van der Waals surface area contributed by atoms with Gasteiger partial charge in [-0.15, -0.1) is 0 Å². The second-order valence-corrected chi connectivity index (χ2v) is 10.1. The third kappa shape index (κ3) is 5.18. The Morgan fingerprint density at radius 1 is 1.26 bits per heavy atom. The number of aromatic nitrogens is 2. The molecule has 6 nitrogen and oxygen atoms in total. The minimum absolute atomic E-state index is 0.0183. The van der Waals surface area contributed by atoms with Gasteiger partial charge in [0, 0.05) is 31.1 Å². The van der Waals surface area contributed by atoms with Crippen molar-refractivity contribution in [3.05, 3.63) is 47.5 Å². The zero-order chi connectivity index (χ0) is 22.0. The minimum atomic E-state index is -1.09. The number of benzene rings is 1. The number of halogens is 1. The second-order valence-electron chi connectivity index (χ2n) is 8.92. The van der Waals surface area contributed by atoms with E-state index >= 15 is 0 Å². The van der Waals surface area contributed by atoms with Crippen LogP contribution in [0.1, 0.15) is 56.5 Å². The maximum absolute atomic E-state index is 14.1. The fourth-order valence-electron chi connectivity index (χ4n) is 4.62. The SMILES string of the molecule is CC(C)c1cc2n(n1)C(COC1CCN(c3ccccc3F)CC1)[C@@H](NS(C)=O)CC2. The Bertz CT molecular complexity index is 911. The number of para-hydroxylation sites is 1. The Labute approximate surface area is 186 Å². The maximum atomic E-state index is 14.1. The Balaban J connectivity index is 1.40. The molecule has 3 heterocycles. The van der Waals surface area contributed by atoms with Crippen molar-refractivity contribution in [3.63, 3.8) is 0 Å². The van der Waals surface area contributed by atoms with Crippen LogP contribution in [0.4, 0.5) is 10.1 Å². The smallest absolute Gasteiger partial charge is 0.146 e. The second kappa shape index (κ2) is 9.79.